The molecule has 1 aliphatic heterocycles. The lowest BCUT2D eigenvalue weighted by atomic mass is 10.2. The van der Waals surface area contributed by atoms with Crippen molar-refractivity contribution in [3.8, 4) is 5.88 Å². The fraction of sp³-hybridized carbons (Fsp3) is 0.500. The van der Waals surface area contributed by atoms with Gasteiger partial charge in [0.2, 0.25) is 0 Å². The third kappa shape index (κ3) is 4.31. The average Bonchev–Trinajstić information content (AvgIpc) is 3.00. The number of aromatic nitrogens is 2. The van der Waals surface area contributed by atoms with Gasteiger partial charge < -0.3 is 14.4 Å². The van der Waals surface area contributed by atoms with Gasteiger partial charge in [0, 0.05) is 6.54 Å². The molecule has 0 saturated carbocycles. The maximum absolute atomic E-state index is 12.3. The van der Waals surface area contributed by atoms with Crippen LogP contribution in [0.15, 0.2) is 24.3 Å². The maximum Gasteiger partial charge on any atom is 0.410 e. The molecule has 1 fully saturated rings. The number of likely N-dealkylation sites (tertiary alicyclic amines) is 1. The monoisotopic (exact) mass is 363 g/mol. The smallest absolute Gasteiger partial charge is 0.410 e. The fourth-order valence-electron chi connectivity index (χ4n) is 2.80. The van der Waals surface area contributed by atoms with Crippen molar-refractivity contribution in [2.45, 2.75) is 45.3 Å². The molecule has 0 bridgehead atoms. The SMILES string of the molecule is CC(C)(C)OC(=O)N1CCC[C@H]1COc1nc2ccccc2nc1Cl. The zero-order valence-electron chi connectivity index (χ0n) is 14.7. The Balaban J connectivity index is 1.68. The molecule has 0 radical (unpaired) electrons. The lowest BCUT2D eigenvalue weighted by Gasteiger charge is -2.28. The van der Waals surface area contributed by atoms with Crippen molar-refractivity contribution >= 4 is 28.7 Å². The Morgan fingerprint density at radius 3 is 2.64 bits per heavy atom. The summed E-state index contributed by atoms with van der Waals surface area (Å²) in [5, 5.41) is 0.223. The first-order valence-electron chi connectivity index (χ1n) is 8.38. The highest BCUT2D eigenvalue weighted by Crippen LogP contribution is 2.25. The zero-order chi connectivity index (χ0) is 18.0. The number of halogens is 1. The number of hydrogen-bond donors (Lipinski definition) is 0. The molecule has 0 N–H and O–H groups in total. The summed E-state index contributed by atoms with van der Waals surface area (Å²) in [7, 11) is 0. The van der Waals surface area contributed by atoms with Gasteiger partial charge in [0.05, 0.1) is 17.1 Å². The molecule has 1 saturated heterocycles. The molecule has 0 unspecified atom stereocenters. The number of carbonyl (C=O) groups excluding carboxylic acids is 1. The van der Waals surface area contributed by atoms with Crippen LogP contribution in [0, 0.1) is 0 Å². The molecule has 25 heavy (non-hydrogen) atoms. The summed E-state index contributed by atoms with van der Waals surface area (Å²) in [4.78, 5) is 22.7. The van der Waals surface area contributed by atoms with Crippen LogP contribution in [0.25, 0.3) is 11.0 Å². The first-order chi connectivity index (χ1) is 11.8. The highest BCUT2D eigenvalue weighted by Gasteiger charge is 2.32. The van der Waals surface area contributed by atoms with Gasteiger partial charge >= 0.3 is 6.09 Å². The molecule has 6 nitrogen and oxygen atoms in total. The fourth-order valence-corrected chi connectivity index (χ4v) is 2.99. The third-order valence-electron chi connectivity index (χ3n) is 3.92. The molecule has 1 amide bonds. The number of rotatable bonds is 3. The molecule has 1 aromatic carbocycles. The van der Waals surface area contributed by atoms with Crippen molar-refractivity contribution in [3.05, 3.63) is 29.4 Å². The lowest BCUT2D eigenvalue weighted by molar-refractivity contribution is 0.0186. The van der Waals surface area contributed by atoms with E-state index in [9.17, 15) is 4.79 Å². The number of carbonyl (C=O) groups is 1. The number of hydrogen-bond acceptors (Lipinski definition) is 5. The second-order valence-corrected chi connectivity index (χ2v) is 7.45. The average molecular weight is 364 g/mol. The lowest BCUT2D eigenvalue weighted by Crippen LogP contribution is -2.42. The largest absolute Gasteiger partial charge is 0.473 e. The van der Waals surface area contributed by atoms with E-state index in [1.807, 2.05) is 45.0 Å². The van der Waals surface area contributed by atoms with Crippen molar-refractivity contribution in [3.63, 3.8) is 0 Å². The molecule has 0 spiro atoms. The Morgan fingerprint density at radius 2 is 1.96 bits per heavy atom. The molecule has 2 heterocycles. The maximum atomic E-state index is 12.3. The normalized spacial score (nSPS) is 17.8. The molecule has 0 aliphatic carbocycles. The second-order valence-electron chi connectivity index (χ2n) is 7.09. The Bertz CT molecular complexity index is 776. The van der Waals surface area contributed by atoms with E-state index in [-0.39, 0.29) is 23.2 Å². The van der Waals surface area contributed by atoms with Crippen molar-refractivity contribution in [2.75, 3.05) is 13.2 Å². The number of fused-ring (bicyclic) bond motifs is 1. The molecular formula is C18H22ClN3O3. The predicted molar refractivity (Wildman–Crippen MR) is 96.0 cm³/mol. The Labute approximate surface area is 152 Å². The van der Waals surface area contributed by atoms with Gasteiger partial charge in [-0.05, 0) is 45.7 Å². The van der Waals surface area contributed by atoms with Crippen LogP contribution in [-0.2, 0) is 4.74 Å². The minimum absolute atomic E-state index is 0.0563. The van der Waals surface area contributed by atoms with E-state index in [2.05, 4.69) is 9.97 Å². The zero-order valence-corrected chi connectivity index (χ0v) is 15.4. The van der Waals surface area contributed by atoms with Crippen LogP contribution in [-0.4, -0.2) is 45.8 Å². The predicted octanol–water partition coefficient (Wildman–Crippen LogP) is 4.06. The first kappa shape index (κ1) is 17.7. The van der Waals surface area contributed by atoms with Crippen molar-refractivity contribution in [1.29, 1.82) is 0 Å². The van der Waals surface area contributed by atoms with Crippen LogP contribution >= 0.6 is 11.6 Å². The van der Waals surface area contributed by atoms with Gasteiger partial charge in [0.15, 0.2) is 5.15 Å². The molecule has 2 aromatic rings. The molecule has 1 atom stereocenters. The van der Waals surface area contributed by atoms with Gasteiger partial charge in [-0.15, -0.1) is 0 Å². The Kier molecular flexibility index (Phi) is 4.99. The number of benzene rings is 1. The second kappa shape index (κ2) is 7.04. The number of nitrogens with zero attached hydrogens (tertiary/aromatic N) is 3. The van der Waals surface area contributed by atoms with E-state index in [1.165, 1.54) is 0 Å². The van der Waals surface area contributed by atoms with Gasteiger partial charge in [-0.1, -0.05) is 23.7 Å². The minimum atomic E-state index is -0.516. The highest BCUT2D eigenvalue weighted by molar-refractivity contribution is 6.31. The summed E-state index contributed by atoms with van der Waals surface area (Å²) in [5.41, 5.74) is 0.923. The minimum Gasteiger partial charge on any atom is -0.473 e. The third-order valence-corrected chi connectivity index (χ3v) is 4.16. The van der Waals surface area contributed by atoms with Crippen LogP contribution in [0.5, 0.6) is 5.88 Å². The van der Waals surface area contributed by atoms with Crippen LogP contribution in [0.4, 0.5) is 4.79 Å². The van der Waals surface area contributed by atoms with Crippen LogP contribution < -0.4 is 4.74 Å². The highest BCUT2D eigenvalue weighted by atomic mass is 35.5. The summed E-state index contributed by atoms with van der Waals surface area (Å²) in [6, 6.07) is 7.41. The first-order valence-corrected chi connectivity index (χ1v) is 8.76. The quantitative estimate of drug-likeness (QED) is 0.822. The molecule has 1 aromatic heterocycles. The molecule has 7 heteroatoms. The molecular weight excluding hydrogens is 342 g/mol. The topological polar surface area (TPSA) is 64.5 Å². The number of para-hydroxylation sites is 2. The van der Waals surface area contributed by atoms with E-state index in [4.69, 9.17) is 21.1 Å². The van der Waals surface area contributed by atoms with E-state index in [0.717, 1.165) is 23.9 Å². The van der Waals surface area contributed by atoms with Crippen molar-refractivity contribution < 1.29 is 14.3 Å². The van der Waals surface area contributed by atoms with Gasteiger partial charge in [0.1, 0.15) is 12.2 Å². The van der Waals surface area contributed by atoms with E-state index in [1.54, 1.807) is 4.90 Å². The Morgan fingerprint density at radius 1 is 1.28 bits per heavy atom. The van der Waals surface area contributed by atoms with E-state index >= 15 is 0 Å². The van der Waals surface area contributed by atoms with Crippen molar-refractivity contribution in [2.24, 2.45) is 0 Å². The summed E-state index contributed by atoms with van der Waals surface area (Å²) in [5.74, 6) is 0.288. The van der Waals surface area contributed by atoms with E-state index < -0.39 is 5.60 Å². The Hall–Kier alpha value is -2.08. The van der Waals surface area contributed by atoms with Gasteiger partial charge in [-0.25, -0.2) is 14.8 Å². The summed E-state index contributed by atoms with van der Waals surface area (Å²) in [6.45, 7) is 6.55. The molecule has 3 rings (SSSR count). The summed E-state index contributed by atoms with van der Waals surface area (Å²) < 4.78 is 11.2. The summed E-state index contributed by atoms with van der Waals surface area (Å²) >= 11 is 6.17. The summed E-state index contributed by atoms with van der Waals surface area (Å²) in [6.07, 6.45) is 1.47. The van der Waals surface area contributed by atoms with Gasteiger partial charge in [-0.3, -0.25) is 0 Å². The van der Waals surface area contributed by atoms with Gasteiger partial charge in [-0.2, -0.15) is 0 Å². The number of amides is 1. The standard InChI is InChI=1S/C18H22ClN3O3/c1-18(2,3)25-17(23)22-10-6-7-12(22)11-24-16-15(19)20-13-8-4-5-9-14(13)21-16/h4-5,8-9,12H,6-7,10-11H2,1-3H3/t12-/m0/s1. The van der Waals surface area contributed by atoms with Crippen LogP contribution in [0.1, 0.15) is 33.6 Å². The van der Waals surface area contributed by atoms with E-state index in [0.29, 0.717) is 13.2 Å². The molecule has 134 valence electrons. The number of ether oxygens (including phenoxy) is 2. The molecule has 1 aliphatic rings. The van der Waals surface area contributed by atoms with Crippen molar-refractivity contribution in [1.82, 2.24) is 14.9 Å². The van der Waals surface area contributed by atoms with Crippen LogP contribution in [0.3, 0.4) is 0 Å². The van der Waals surface area contributed by atoms with Gasteiger partial charge in [0.25, 0.3) is 5.88 Å². The van der Waals surface area contributed by atoms with Crippen LogP contribution in [0.2, 0.25) is 5.15 Å².